The number of amides is 2. The number of nitrogens with one attached hydrogen (secondary N) is 2. The zero-order chi connectivity index (χ0) is 9.84. The number of carbonyl (C=O) groups excluding carboxylic acids is 1. The van der Waals surface area contributed by atoms with E-state index in [4.69, 9.17) is 0 Å². The van der Waals surface area contributed by atoms with E-state index in [0.717, 1.165) is 24.7 Å². The van der Waals surface area contributed by atoms with E-state index in [-0.39, 0.29) is 6.03 Å². The third kappa shape index (κ3) is 3.25. The Morgan fingerprint density at radius 2 is 2.08 bits per heavy atom. The highest BCUT2D eigenvalue weighted by Gasteiger charge is 2.30. The van der Waals surface area contributed by atoms with Crippen LogP contribution in [0.1, 0.15) is 33.1 Å². The number of rotatable bonds is 3. The van der Waals surface area contributed by atoms with Crippen LogP contribution in [0.4, 0.5) is 4.79 Å². The minimum absolute atomic E-state index is 0.0482. The standard InChI is InChI=1S/C10H20N2O/c1-7(2)4-8-5-9(6-8)12-10(13)11-3/h7-9H,4-6H2,1-3H3,(H2,11,12,13)/t8-,9+. The molecule has 1 saturated carbocycles. The summed E-state index contributed by atoms with van der Waals surface area (Å²) in [5.41, 5.74) is 0. The van der Waals surface area contributed by atoms with Gasteiger partial charge in [0.1, 0.15) is 0 Å². The lowest BCUT2D eigenvalue weighted by atomic mass is 9.76. The molecule has 76 valence electrons. The maximum Gasteiger partial charge on any atom is 0.314 e. The van der Waals surface area contributed by atoms with Gasteiger partial charge < -0.3 is 10.6 Å². The molecular formula is C10H20N2O. The average molecular weight is 184 g/mol. The second kappa shape index (κ2) is 4.49. The molecule has 0 aromatic carbocycles. The first-order valence-electron chi connectivity index (χ1n) is 5.10. The summed E-state index contributed by atoms with van der Waals surface area (Å²) in [6.45, 7) is 4.50. The molecule has 0 spiro atoms. The fourth-order valence-corrected chi connectivity index (χ4v) is 1.97. The Balaban J connectivity index is 2.08. The van der Waals surface area contributed by atoms with Crippen molar-refractivity contribution in [3.8, 4) is 0 Å². The molecule has 1 fully saturated rings. The molecule has 0 unspecified atom stereocenters. The Morgan fingerprint density at radius 3 is 2.54 bits per heavy atom. The zero-order valence-electron chi connectivity index (χ0n) is 8.76. The van der Waals surface area contributed by atoms with Gasteiger partial charge >= 0.3 is 6.03 Å². The van der Waals surface area contributed by atoms with Gasteiger partial charge in [0.2, 0.25) is 0 Å². The normalized spacial score (nSPS) is 26.8. The quantitative estimate of drug-likeness (QED) is 0.689. The van der Waals surface area contributed by atoms with Gasteiger partial charge in [-0.3, -0.25) is 0 Å². The van der Waals surface area contributed by atoms with E-state index < -0.39 is 0 Å². The van der Waals surface area contributed by atoms with Crippen molar-refractivity contribution in [2.45, 2.75) is 39.2 Å². The Hall–Kier alpha value is -0.730. The van der Waals surface area contributed by atoms with E-state index in [1.54, 1.807) is 7.05 Å². The van der Waals surface area contributed by atoms with Crippen LogP contribution in [0.5, 0.6) is 0 Å². The average Bonchev–Trinajstić information content (AvgIpc) is 1.99. The highest BCUT2D eigenvalue weighted by Crippen LogP contribution is 2.32. The van der Waals surface area contributed by atoms with Crippen molar-refractivity contribution in [1.82, 2.24) is 10.6 Å². The topological polar surface area (TPSA) is 41.1 Å². The lowest BCUT2D eigenvalue weighted by molar-refractivity contribution is 0.186. The van der Waals surface area contributed by atoms with Gasteiger partial charge in [-0.2, -0.15) is 0 Å². The van der Waals surface area contributed by atoms with Crippen LogP contribution in [0.3, 0.4) is 0 Å². The first-order chi connectivity index (χ1) is 6.11. The lowest BCUT2D eigenvalue weighted by Gasteiger charge is -2.36. The van der Waals surface area contributed by atoms with Gasteiger partial charge in [-0.15, -0.1) is 0 Å². The van der Waals surface area contributed by atoms with Crippen molar-refractivity contribution < 1.29 is 4.79 Å². The molecule has 0 atom stereocenters. The van der Waals surface area contributed by atoms with Crippen molar-refractivity contribution in [3.63, 3.8) is 0 Å². The predicted molar refractivity (Wildman–Crippen MR) is 53.6 cm³/mol. The van der Waals surface area contributed by atoms with Crippen LogP contribution in [0.15, 0.2) is 0 Å². The molecule has 0 saturated heterocycles. The van der Waals surface area contributed by atoms with Gasteiger partial charge in [0.15, 0.2) is 0 Å². The molecule has 0 aromatic rings. The molecule has 0 bridgehead atoms. The van der Waals surface area contributed by atoms with Crippen molar-refractivity contribution in [3.05, 3.63) is 0 Å². The van der Waals surface area contributed by atoms with Gasteiger partial charge in [0.25, 0.3) is 0 Å². The van der Waals surface area contributed by atoms with Crippen LogP contribution in [0.2, 0.25) is 0 Å². The van der Waals surface area contributed by atoms with Crippen molar-refractivity contribution in [1.29, 1.82) is 0 Å². The van der Waals surface area contributed by atoms with E-state index in [2.05, 4.69) is 24.5 Å². The number of hydrogen-bond donors (Lipinski definition) is 2. The molecule has 1 aliphatic rings. The summed E-state index contributed by atoms with van der Waals surface area (Å²) >= 11 is 0. The molecule has 2 amide bonds. The molecule has 3 heteroatoms. The summed E-state index contributed by atoms with van der Waals surface area (Å²) in [5.74, 6) is 1.62. The monoisotopic (exact) mass is 184 g/mol. The molecule has 3 nitrogen and oxygen atoms in total. The van der Waals surface area contributed by atoms with E-state index in [1.807, 2.05) is 0 Å². The van der Waals surface area contributed by atoms with Gasteiger partial charge in [-0.1, -0.05) is 13.8 Å². The number of hydrogen-bond acceptors (Lipinski definition) is 1. The maximum absolute atomic E-state index is 10.9. The summed E-state index contributed by atoms with van der Waals surface area (Å²) in [6.07, 6.45) is 3.61. The molecule has 0 radical (unpaired) electrons. The number of carbonyl (C=O) groups is 1. The Morgan fingerprint density at radius 1 is 1.46 bits per heavy atom. The Kier molecular flexibility index (Phi) is 3.58. The molecule has 13 heavy (non-hydrogen) atoms. The first kappa shape index (κ1) is 10.4. The van der Waals surface area contributed by atoms with Crippen LogP contribution in [-0.4, -0.2) is 19.1 Å². The highest BCUT2D eigenvalue weighted by molar-refractivity contribution is 5.73. The van der Waals surface area contributed by atoms with Gasteiger partial charge in [0, 0.05) is 13.1 Å². The highest BCUT2D eigenvalue weighted by atomic mass is 16.2. The van der Waals surface area contributed by atoms with Crippen LogP contribution in [0, 0.1) is 11.8 Å². The summed E-state index contributed by atoms with van der Waals surface area (Å²) in [4.78, 5) is 10.9. The van der Waals surface area contributed by atoms with Crippen LogP contribution in [-0.2, 0) is 0 Å². The van der Waals surface area contributed by atoms with Crippen LogP contribution in [0.25, 0.3) is 0 Å². The fourth-order valence-electron chi connectivity index (χ4n) is 1.97. The predicted octanol–water partition coefficient (Wildman–Crippen LogP) is 1.74. The third-order valence-corrected chi connectivity index (χ3v) is 2.60. The molecule has 1 aliphatic carbocycles. The fraction of sp³-hybridized carbons (Fsp3) is 0.900. The maximum atomic E-state index is 10.9. The summed E-state index contributed by atoms with van der Waals surface area (Å²) in [5, 5.41) is 5.49. The molecule has 2 N–H and O–H groups in total. The van der Waals surface area contributed by atoms with E-state index in [1.165, 1.54) is 6.42 Å². The molecule has 1 rings (SSSR count). The second-order valence-electron chi connectivity index (χ2n) is 4.39. The van der Waals surface area contributed by atoms with Crippen molar-refractivity contribution >= 4 is 6.03 Å². The summed E-state index contributed by atoms with van der Waals surface area (Å²) in [7, 11) is 1.65. The molecule has 0 aromatic heterocycles. The summed E-state index contributed by atoms with van der Waals surface area (Å²) < 4.78 is 0. The molecular weight excluding hydrogens is 164 g/mol. The minimum Gasteiger partial charge on any atom is -0.341 e. The Bertz CT molecular complexity index is 174. The summed E-state index contributed by atoms with van der Waals surface area (Å²) in [6, 6.07) is 0.372. The van der Waals surface area contributed by atoms with Gasteiger partial charge in [0.05, 0.1) is 0 Å². The van der Waals surface area contributed by atoms with E-state index >= 15 is 0 Å². The zero-order valence-corrected chi connectivity index (χ0v) is 8.76. The second-order valence-corrected chi connectivity index (χ2v) is 4.39. The SMILES string of the molecule is CNC(=O)N[C@H]1C[C@@H](CC(C)C)C1. The van der Waals surface area contributed by atoms with Gasteiger partial charge in [-0.05, 0) is 31.1 Å². The molecule has 0 aliphatic heterocycles. The largest absolute Gasteiger partial charge is 0.341 e. The van der Waals surface area contributed by atoms with Gasteiger partial charge in [-0.25, -0.2) is 4.79 Å². The Labute approximate surface area is 80.3 Å². The number of urea groups is 1. The first-order valence-corrected chi connectivity index (χ1v) is 5.10. The van der Waals surface area contributed by atoms with Crippen molar-refractivity contribution in [2.75, 3.05) is 7.05 Å². The van der Waals surface area contributed by atoms with Crippen molar-refractivity contribution in [2.24, 2.45) is 11.8 Å². The van der Waals surface area contributed by atoms with Crippen LogP contribution >= 0.6 is 0 Å². The van der Waals surface area contributed by atoms with E-state index in [9.17, 15) is 4.79 Å². The third-order valence-electron chi connectivity index (χ3n) is 2.60. The van der Waals surface area contributed by atoms with Crippen LogP contribution < -0.4 is 10.6 Å². The molecule has 0 heterocycles. The van der Waals surface area contributed by atoms with E-state index in [0.29, 0.717) is 6.04 Å². The smallest absolute Gasteiger partial charge is 0.314 e. The lowest BCUT2D eigenvalue weighted by Crippen LogP contribution is -2.47. The minimum atomic E-state index is -0.0482.